The standard InChI is InChI=1S/C14H15F3N4O2/c15-14(16,17)23-9-1-2-11-10(7-9)13(22)20-12(19-11)8-21-5-3-18-4-6-21/h1-2,7,18H,3-6,8H2,(H,19,20,22). The van der Waals surface area contributed by atoms with Crippen molar-refractivity contribution >= 4 is 10.9 Å². The van der Waals surface area contributed by atoms with Crippen LogP contribution in [-0.2, 0) is 6.54 Å². The van der Waals surface area contributed by atoms with E-state index < -0.39 is 17.7 Å². The second-order valence-corrected chi connectivity index (χ2v) is 5.27. The molecular formula is C14H15F3N4O2. The highest BCUT2D eigenvalue weighted by Gasteiger charge is 2.31. The quantitative estimate of drug-likeness (QED) is 0.887. The number of halogens is 3. The Morgan fingerprint density at radius 3 is 2.70 bits per heavy atom. The predicted molar refractivity (Wildman–Crippen MR) is 77.2 cm³/mol. The van der Waals surface area contributed by atoms with E-state index in [9.17, 15) is 18.0 Å². The third kappa shape index (κ3) is 3.99. The summed E-state index contributed by atoms with van der Waals surface area (Å²) < 4.78 is 40.5. The number of hydrogen-bond acceptors (Lipinski definition) is 5. The molecule has 2 heterocycles. The van der Waals surface area contributed by atoms with Crippen LogP contribution in [0.1, 0.15) is 5.82 Å². The Labute approximate surface area is 129 Å². The molecule has 2 N–H and O–H groups in total. The highest BCUT2D eigenvalue weighted by molar-refractivity contribution is 5.79. The van der Waals surface area contributed by atoms with Gasteiger partial charge in [-0.3, -0.25) is 9.69 Å². The number of aromatic amines is 1. The summed E-state index contributed by atoms with van der Waals surface area (Å²) in [6.45, 7) is 3.93. The lowest BCUT2D eigenvalue weighted by Crippen LogP contribution is -2.43. The molecular weight excluding hydrogens is 313 g/mol. The number of benzene rings is 1. The van der Waals surface area contributed by atoms with Crippen LogP contribution in [0.3, 0.4) is 0 Å². The summed E-state index contributed by atoms with van der Waals surface area (Å²) in [6.07, 6.45) is -4.80. The van der Waals surface area contributed by atoms with Crippen molar-refractivity contribution in [2.24, 2.45) is 0 Å². The molecule has 1 aliphatic rings. The van der Waals surface area contributed by atoms with Crippen molar-refractivity contribution in [1.29, 1.82) is 0 Å². The van der Waals surface area contributed by atoms with Gasteiger partial charge in [0.25, 0.3) is 5.56 Å². The van der Waals surface area contributed by atoms with Crippen molar-refractivity contribution in [3.05, 3.63) is 34.4 Å². The molecule has 0 aliphatic carbocycles. The highest BCUT2D eigenvalue weighted by atomic mass is 19.4. The Kier molecular flexibility index (Phi) is 4.22. The van der Waals surface area contributed by atoms with Gasteiger partial charge in [-0.15, -0.1) is 13.2 Å². The summed E-state index contributed by atoms with van der Waals surface area (Å²) in [7, 11) is 0. The molecule has 0 unspecified atom stereocenters. The number of nitrogens with zero attached hydrogens (tertiary/aromatic N) is 2. The molecule has 6 nitrogen and oxygen atoms in total. The van der Waals surface area contributed by atoms with E-state index in [0.717, 1.165) is 38.3 Å². The number of aromatic nitrogens is 2. The van der Waals surface area contributed by atoms with Gasteiger partial charge in [0.15, 0.2) is 0 Å². The number of alkyl halides is 3. The van der Waals surface area contributed by atoms with Crippen molar-refractivity contribution < 1.29 is 17.9 Å². The van der Waals surface area contributed by atoms with Crippen molar-refractivity contribution in [1.82, 2.24) is 20.2 Å². The molecule has 0 radical (unpaired) electrons. The lowest BCUT2D eigenvalue weighted by molar-refractivity contribution is -0.274. The first-order chi connectivity index (χ1) is 10.9. The largest absolute Gasteiger partial charge is 0.573 e. The minimum absolute atomic E-state index is 0.0656. The van der Waals surface area contributed by atoms with Gasteiger partial charge < -0.3 is 15.0 Å². The zero-order valence-electron chi connectivity index (χ0n) is 12.1. The van der Waals surface area contributed by atoms with Crippen molar-refractivity contribution in [3.63, 3.8) is 0 Å². The van der Waals surface area contributed by atoms with Gasteiger partial charge in [0.1, 0.15) is 11.6 Å². The first kappa shape index (κ1) is 15.8. The van der Waals surface area contributed by atoms with Crippen LogP contribution >= 0.6 is 0 Å². The van der Waals surface area contributed by atoms with Crippen LogP contribution in [0.4, 0.5) is 13.2 Å². The molecule has 1 aliphatic heterocycles. The molecule has 1 aromatic carbocycles. The summed E-state index contributed by atoms with van der Waals surface area (Å²) in [5.74, 6) is 0.0565. The minimum atomic E-state index is -4.80. The fourth-order valence-corrected chi connectivity index (χ4v) is 2.52. The molecule has 0 bridgehead atoms. The maximum absolute atomic E-state index is 12.2. The summed E-state index contributed by atoms with van der Waals surface area (Å²) in [5.41, 5.74) is -0.138. The summed E-state index contributed by atoms with van der Waals surface area (Å²) in [5, 5.41) is 3.29. The van der Waals surface area contributed by atoms with Gasteiger partial charge in [0.05, 0.1) is 17.4 Å². The smallest absolute Gasteiger partial charge is 0.406 e. The average molecular weight is 328 g/mol. The first-order valence-electron chi connectivity index (χ1n) is 7.12. The van der Waals surface area contributed by atoms with E-state index in [2.05, 4.69) is 24.9 Å². The molecule has 0 amide bonds. The lowest BCUT2D eigenvalue weighted by atomic mass is 10.2. The van der Waals surface area contributed by atoms with Crippen LogP contribution in [0, 0.1) is 0 Å². The molecule has 0 atom stereocenters. The van der Waals surface area contributed by atoms with Crippen molar-refractivity contribution in [3.8, 4) is 5.75 Å². The van der Waals surface area contributed by atoms with E-state index in [-0.39, 0.29) is 5.39 Å². The molecule has 23 heavy (non-hydrogen) atoms. The van der Waals surface area contributed by atoms with E-state index in [1.165, 1.54) is 6.07 Å². The second-order valence-electron chi connectivity index (χ2n) is 5.27. The Morgan fingerprint density at radius 1 is 1.26 bits per heavy atom. The second kappa shape index (κ2) is 6.17. The topological polar surface area (TPSA) is 70.2 Å². The van der Waals surface area contributed by atoms with Gasteiger partial charge in [-0.1, -0.05) is 0 Å². The van der Waals surface area contributed by atoms with Crippen LogP contribution in [0.25, 0.3) is 10.9 Å². The summed E-state index contributed by atoms with van der Waals surface area (Å²) in [4.78, 5) is 21.2. The number of piperazine rings is 1. The zero-order valence-corrected chi connectivity index (χ0v) is 12.1. The van der Waals surface area contributed by atoms with Crippen LogP contribution in [0.5, 0.6) is 5.75 Å². The van der Waals surface area contributed by atoms with E-state index in [1.54, 1.807) is 0 Å². The zero-order chi connectivity index (χ0) is 16.4. The van der Waals surface area contributed by atoms with Gasteiger partial charge in [-0.2, -0.15) is 0 Å². The first-order valence-corrected chi connectivity index (χ1v) is 7.12. The molecule has 124 valence electrons. The molecule has 1 saturated heterocycles. The predicted octanol–water partition coefficient (Wildman–Crippen LogP) is 1.23. The number of H-pyrrole nitrogens is 1. The van der Waals surface area contributed by atoms with E-state index in [1.807, 2.05) is 0 Å². The van der Waals surface area contributed by atoms with E-state index in [0.29, 0.717) is 17.9 Å². The highest BCUT2D eigenvalue weighted by Crippen LogP contribution is 2.24. The van der Waals surface area contributed by atoms with Crippen LogP contribution in [0.2, 0.25) is 0 Å². The number of rotatable bonds is 3. The lowest BCUT2D eigenvalue weighted by Gasteiger charge is -2.26. The van der Waals surface area contributed by atoms with Crippen LogP contribution < -0.4 is 15.6 Å². The number of ether oxygens (including phenoxy) is 1. The molecule has 1 aromatic heterocycles. The third-order valence-electron chi connectivity index (χ3n) is 3.54. The van der Waals surface area contributed by atoms with Gasteiger partial charge in [0, 0.05) is 26.2 Å². The Bertz CT molecular complexity index is 754. The number of nitrogens with one attached hydrogen (secondary N) is 2. The fourth-order valence-electron chi connectivity index (χ4n) is 2.52. The van der Waals surface area contributed by atoms with Gasteiger partial charge >= 0.3 is 6.36 Å². The van der Waals surface area contributed by atoms with Gasteiger partial charge in [-0.25, -0.2) is 4.98 Å². The molecule has 2 aromatic rings. The maximum Gasteiger partial charge on any atom is 0.573 e. The summed E-state index contributed by atoms with van der Waals surface area (Å²) in [6, 6.07) is 3.55. The van der Waals surface area contributed by atoms with Gasteiger partial charge in [0.2, 0.25) is 0 Å². The van der Waals surface area contributed by atoms with Crippen molar-refractivity contribution in [2.45, 2.75) is 12.9 Å². The number of hydrogen-bond donors (Lipinski definition) is 2. The van der Waals surface area contributed by atoms with E-state index >= 15 is 0 Å². The Balaban J connectivity index is 1.86. The van der Waals surface area contributed by atoms with Gasteiger partial charge in [-0.05, 0) is 18.2 Å². The molecule has 1 fully saturated rings. The Morgan fingerprint density at radius 2 is 2.00 bits per heavy atom. The van der Waals surface area contributed by atoms with Crippen molar-refractivity contribution in [2.75, 3.05) is 26.2 Å². The molecule has 0 spiro atoms. The summed E-state index contributed by atoms with van der Waals surface area (Å²) >= 11 is 0. The fraction of sp³-hybridized carbons (Fsp3) is 0.429. The maximum atomic E-state index is 12.2. The minimum Gasteiger partial charge on any atom is -0.406 e. The molecule has 0 saturated carbocycles. The Hall–Kier alpha value is -2.13. The average Bonchev–Trinajstić information content (AvgIpc) is 2.47. The SMILES string of the molecule is O=c1[nH]c(CN2CCNCC2)nc2ccc(OC(F)(F)F)cc12. The van der Waals surface area contributed by atoms with Crippen LogP contribution in [0.15, 0.2) is 23.0 Å². The molecule has 9 heteroatoms. The molecule has 3 rings (SSSR count). The monoisotopic (exact) mass is 328 g/mol. The normalized spacial score (nSPS) is 16.7. The third-order valence-corrected chi connectivity index (χ3v) is 3.54. The van der Waals surface area contributed by atoms with Crippen LogP contribution in [-0.4, -0.2) is 47.4 Å². The number of fused-ring (bicyclic) bond motifs is 1. The van der Waals surface area contributed by atoms with E-state index in [4.69, 9.17) is 0 Å².